The molecule has 0 heterocycles. The molecular weight excluding hydrogens is 343 g/mol. The minimum absolute atomic E-state index is 0. The SMILES string of the molecule is CC(C)CC(CN)NS(=O)(=O)c1cccc(Cl)c1Cl.Cl. The first kappa shape index (κ1) is 20.0. The van der Waals surface area contributed by atoms with Gasteiger partial charge in [-0.25, -0.2) is 13.1 Å². The van der Waals surface area contributed by atoms with Gasteiger partial charge >= 0.3 is 0 Å². The van der Waals surface area contributed by atoms with E-state index < -0.39 is 10.0 Å². The molecule has 4 nitrogen and oxygen atoms in total. The summed E-state index contributed by atoms with van der Waals surface area (Å²) in [7, 11) is -3.72. The average molecular weight is 362 g/mol. The van der Waals surface area contributed by atoms with Gasteiger partial charge in [-0.15, -0.1) is 12.4 Å². The minimum Gasteiger partial charge on any atom is -0.329 e. The topological polar surface area (TPSA) is 72.2 Å². The largest absolute Gasteiger partial charge is 0.329 e. The third-order valence-corrected chi connectivity index (χ3v) is 5.06. The number of nitrogens with one attached hydrogen (secondary N) is 1. The number of halogens is 3. The first-order valence-corrected chi connectivity index (χ1v) is 8.18. The maximum Gasteiger partial charge on any atom is 0.242 e. The highest BCUT2D eigenvalue weighted by Crippen LogP contribution is 2.29. The van der Waals surface area contributed by atoms with Crippen molar-refractivity contribution in [1.29, 1.82) is 0 Å². The molecule has 0 aliphatic rings. The highest BCUT2D eigenvalue weighted by atomic mass is 35.5. The normalized spacial score (nSPS) is 13.1. The lowest BCUT2D eigenvalue weighted by molar-refractivity contribution is 0.465. The molecule has 8 heteroatoms. The van der Waals surface area contributed by atoms with Gasteiger partial charge < -0.3 is 5.73 Å². The molecule has 116 valence electrons. The molecule has 1 atom stereocenters. The van der Waals surface area contributed by atoms with Gasteiger partial charge in [-0.2, -0.15) is 0 Å². The summed E-state index contributed by atoms with van der Waals surface area (Å²) >= 11 is 11.8. The number of hydrogen-bond acceptors (Lipinski definition) is 3. The van der Waals surface area contributed by atoms with Crippen molar-refractivity contribution in [2.24, 2.45) is 11.7 Å². The Morgan fingerprint density at radius 3 is 2.40 bits per heavy atom. The maximum absolute atomic E-state index is 12.2. The van der Waals surface area contributed by atoms with Gasteiger partial charge in [0.1, 0.15) is 4.90 Å². The summed E-state index contributed by atoms with van der Waals surface area (Å²) in [4.78, 5) is -0.0242. The van der Waals surface area contributed by atoms with Crippen LogP contribution in [0, 0.1) is 5.92 Å². The fourth-order valence-corrected chi connectivity index (χ4v) is 3.76. The molecule has 1 unspecified atom stereocenters. The Bertz CT molecular complexity index is 536. The van der Waals surface area contributed by atoms with Crippen LogP contribution < -0.4 is 10.5 Å². The summed E-state index contributed by atoms with van der Waals surface area (Å²) in [5.41, 5.74) is 5.59. The molecular formula is C12H19Cl3N2O2S. The van der Waals surface area contributed by atoms with Crippen LogP contribution in [0.25, 0.3) is 0 Å². The molecule has 0 spiro atoms. The zero-order chi connectivity index (χ0) is 14.6. The van der Waals surface area contributed by atoms with Crippen LogP contribution in [0.5, 0.6) is 0 Å². The minimum atomic E-state index is -3.72. The van der Waals surface area contributed by atoms with Crippen LogP contribution in [0.2, 0.25) is 10.0 Å². The Kier molecular flexibility index (Phi) is 8.40. The molecule has 0 aliphatic heterocycles. The monoisotopic (exact) mass is 360 g/mol. The Labute approximate surface area is 136 Å². The highest BCUT2D eigenvalue weighted by molar-refractivity contribution is 7.89. The predicted molar refractivity (Wildman–Crippen MR) is 86.3 cm³/mol. The molecule has 0 fully saturated rings. The van der Waals surface area contributed by atoms with Gasteiger partial charge in [0, 0.05) is 12.6 Å². The summed E-state index contributed by atoms with van der Waals surface area (Å²) in [6.07, 6.45) is 0.661. The van der Waals surface area contributed by atoms with Gasteiger partial charge in [-0.05, 0) is 24.5 Å². The molecule has 1 aromatic carbocycles. The number of hydrogen-bond donors (Lipinski definition) is 2. The second-order valence-corrected chi connectivity index (χ2v) is 7.20. The molecule has 0 bridgehead atoms. The predicted octanol–water partition coefficient (Wildman–Crippen LogP) is 3.07. The van der Waals surface area contributed by atoms with Crippen molar-refractivity contribution < 1.29 is 8.42 Å². The van der Waals surface area contributed by atoms with Gasteiger partial charge in [0.05, 0.1) is 10.0 Å². The van der Waals surface area contributed by atoms with Crippen LogP contribution in [0.15, 0.2) is 23.1 Å². The van der Waals surface area contributed by atoms with Crippen LogP contribution in [0.4, 0.5) is 0 Å². The number of benzene rings is 1. The van der Waals surface area contributed by atoms with Crippen molar-refractivity contribution in [1.82, 2.24) is 4.72 Å². The van der Waals surface area contributed by atoms with Crippen LogP contribution in [0.3, 0.4) is 0 Å². The quantitative estimate of drug-likeness (QED) is 0.818. The second kappa shape index (κ2) is 8.41. The average Bonchev–Trinajstić information content (AvgIpc) is 2.30. The Morgan fingerprint density at radius 1 is 1.30 bits per heavy atom. The zero-order valence-corrected chi connectivity index (χ0v) is 14.4. The molecule has 0 aromatic heterocycles. The van der Waals surface area contributed by atoms with E-state index in [1.807, 2.05) is 13.8 Å². The third kappa shape index (κ3) is 5.39. The van der Waals surface area contributed by atoms with E-state index in [0.717, 1.165) is 0 Å². The molecule has 1 rings (SSSR count). The third-order valence-electron chi connectivity index (χ3n) is 2.57. The van der Waals surface area contributed by atoms with Crippen LogP contribution in [0.1, 0.15) is 20.3 Å². The van der Waals surface area contributed by atoms with Gasteiger partial charge in [-0.1, -0.05) is 43.1 Å². The standard InChI is InChI=1S/C12H18Cl2N2O2S.ClH/c1-8(2)6-9(7-15)16-19(17,18)11-5-3-4-10(13)12(11)14;/h3-5,8-9,16H,6-7,15H2,1-2H3;1H. The van der Waals surface area contributed by atoms with E-state index in [9.17, 15) is 8.42 Å². The Morgan fingerprint density at radius 2 is 1.90 bits per heavy atom. The molecule has 0 amide bonds. The Hall–Kier alpha value is -0.0400. The van der Waals surface area contributed by atoms with E-state index in [1.54, 1.807) is 6.07 Å². The van der Waals surface area contributed by atoms with E-state index in [2.05, 4.69) is 4.72 Å². The molecule has 1 aromatic rings. The van der Waals surface area contributed by atoms with Gasteiger partial charge in [0.15, 0.2) is 0 Å². The van der Waals surface area contributed by atoms with E-state index in [-0.39, 0.29) is 39.9 Å². The lowest BCUT2D eigenvalue weighted by Gasteiger charge is -2.19. The molecule has 0 radical (unpaired) electrons. The smallest absolute Gasteiger partial charge is 0.242 e. The summed E-state index contributed by atoms with van der Waals surface area (Å²) in [5, 5.41) is 0.231. The van der Waals surface area contributed by atoms with Crippen LogP contribution in [-0.4, -0.2) is 21.0 Å². The van der Waals surface area contributed by atoms with Gasteiger partial charge in [0.2, 0.25) is 10.0 Å². The lowest BCUT2D eigenvalue weighted by atomic mass is 10.1. The van der Waals surface area contributed by atoms with E-state index in [1.165, 1.54) is 12.1 Å². The van der Waals surface area contributed by atoms with E-state index in [0.29, 0.717) is 12.3 Å². The molecule has 3 N–H and O–H groups in total. The maximum atomic E-state index is 12.2. The molecule has 0 aliphatic carbocycles. The van der Waals surface area contributed by atoms with Crippen molar-refractivity contribution >= 4 is 45.6 Å². The molecule has 20 heavy (non-hydrogen) atoms. The summed E-state index contributed by atoms with van der Waals surface area (Å²) < 4.78 is 27.1. The number of sulfonamides is 1. The first-order valence-electron chi connectivity index (χ1n) is 5.94. The van der Waals surface area contributed by atoms with Crippen LogP contribution in [-0.2, 0) is 10.0 Å². The number of nitrogens with two attached hydrogens (primary N) is 1. The molecule has 0 saturated carbocycles. The van der Waals surface area contributed by atoms with Crippen molar-refractivity contribution in [3.05, 3.63) is 28.2 Å². The second-order valence-electron chi connectivity index (χ2n) is 4.74. The van der Waals surface area contributed by atoms with E-state index >= 15 is 0 Å². The number of rotatable bonds is 6. The van der Waals surface area contributed by atoms with Crippen molar-refractivity contribution in [3.63, 3.8) is 0 Å². The zero-order valence-electron chi connectivity index (χ0n) is 11.3. The van der Waals surface area contributed by atoms with Crippen LogP contribution >= 0.6 is 35.6 Å². The highest BCUT2D eigenvalue weighted by Gasteiger charge is 2.23. The fraction of sp³-hybridized carbons (Fsp3) is 0.500. The summed E-state index contributed by atoms with van der Waals surface area (Å²) in [6.45, 7) is 4.24. The summed E-state index contributed by atoms with van der Waals surface area (Å²) in [5.74, 6) is 0.339. The van der Waals surface area contributed by atoms with Crippen molar-refractivity contribution in [2.45, 2.75) is 31.2 Å². The van der Waals surface area contributed by atoms with Gasteiger partial charge in [0.25, 0.3) is 0 Å². The van der Waals surface area contributed by atoms with Gasteiger partial charge in [-0.3, -0.25) is 0 Å². The molecule has 0 saturated heterocycles. The first-order chi connectivity index (χ1) is 8.77. The summed E-state index contributed by atoms with van der Waals surface area (Å²) in [6, 6.07) is 4.18. The fourth-order valence-electron chi connectivity index (χ4n) is 1.74. The lowest BCUT2D eigenvalue weighted by Crippen LogP contribution is -2.41. The van der Waals surface area contributed by atoms with Crippen molar-refractivity contribution in [3.8, 4) is 0 Å². The van der Waals surface area contributed by atoms with Crippen molar-refractivity contribution in [2.75, 3.05) is 6.54 Å². The Balaban J connectivity index is 0.00000361. The van der Waals surface area contributed by atoms with E-state index in [4.69, 9.17) is 28.9 Å².